The first-order chi connectivity index (χ1) is 8.77. The fraction of sp³-hybridized carbons (Fsp3) is 0.286. The molecule has 0 aliphatic carbocycles. The minimum atomic E-state index is -0.591. The molecule has 0 atom stereocenters. The average molecular weight is 244 g/mol. The molecule has 0 heterocycles. The summed E-state index contributed by atoms with van der Waals surface area (Å²) in [7, 11) is 0. The van der Waals surface area contributed by atoms with Gasteiger partial charge in [-0.15, -0.1) is 0 Å². The average Bonchev–Trinajstić information content (AvgIpc) is 2.40. The quantitative estimate of drug-likeness (QED) is 0.358. The van der Waals surface area contributed by atoms with Gasteiger partial charge in [-0.05, 0) is 18.9 Å². The van der Waals surface area contributed by atoms with Gasteiger partial charge in [0, 0.05) is 12.7 Å². The standard InChI is InChI=1S/C14H16N2O2/c1-2-18-14(17)13(10-15)11-16-9-8-12-6-4-3-5-7-12/h3-7,11,16H,2,8-9H2,1H3/b13-11-. The molecule has 0 saturated carbocycles. The number of nitrogens with zero attached hydrogens (tertiary/aromatic N) is 1. The molecule has 0 fully saturated rings. The number of carbonyl (C=O) groups excluding carboxylic acids is 1. The first kappa shape index (κ1) is 13.8. The van der Waals surface area contributed by atoms with Gasteiger partial charge in [0.15, 0.2) is 5.57 Å². The maximum Gasteiger partial charge on any atom is 0.350 e. The number of nitriles is 1. The van der Waals surface area contributed by atoms with Crippen LogP contribution in [0.2, 0.25) is 0 Å². The van der Waals surface area contributed by atoms with Gasteiger partial charge in [0.25, 0.3) is 0 Å². The van der Waals surface area contributed by atoms with Crippen molar-refractivity contribution in [2.75, 3.05) is 13.2 Å². The Kier molecular flexibility index (Phi) is 6.05. The van der Waals surface area contributed by atoms with Crippen LogP contribution in [0, 0.1) is 11.3 Å². The number of carbonyl (C=O) groups is 1. The molecule has 0 spiro atoms. The van der Waals surface area contributed by atoms with Crippen molar-refractivity contribution in [2.45, 2.75) is 13.3 Å². The van der Waals surface area contributed by atoms with Gasteiger partial charge in [-0.2, -0.15) is 5.26 Å². The molecule has 0 saturated heterocycles. The van der Waals surface area contributed by atoms with E-state index >= 15 is 0 Å². The molecule has 18 heavy (non-hydrogen) atoms. The van der Waals surface area contributed by atoms with E-state index in [1.54, 1.807) is 6.92 Å². The van der Waals surface area contributed by atoms with E-state index in [2.05, 4.69) is 5.32 Å². The van der Waals surface area contributed by atoms with Crippen molar-refractivity contribution >= 4 is 5.97 Å². The maximum atomic E-state index is 11.3. The highest BCUT2D eigenvalue weighted by atomic mass is 16.5. The predicted molar refractivity (Wildman–Crippen MR) is 68.5 cm³/mol. The lowest BCUT2D eigenvalue weighted by Gasteiger charge is -2.03. The van der Waals surface area contributed by atoms with Crippen molar-refractivity contribution in [2.24, 2.45) is 0 Å². The van der Waals surface area contributed by atoms with E-state index < -0.39 is 5.97 Å². The normalized spacial score (nSPS) is 10.6. The number of hydrogen-bond acceptors (Lipinski definition) is 4. The van der Waals surface area contributed by atoms with Gasteiger partial charge in [0.1, 0.15) is 6.07 Å². The van der Waals surface area contributed by atoms with Crippen LogP contribution in [-0.2, 0) is 16.0 Å². The fourth-order valence-corrected chi connectivity index (χ4v) is 1.38. The van der Waals surface area contributed by atoms with Gasteiger partial charge in [0.2, 0.25) is 0 Å². The number of nitrogens with one attached hydrogen (secondary N) is 1. The predicted octanol–water partition coefficient (Wildman–Crippen LogP) is 1.79. The first-order valence-electron chi connectivity index (χ1n) is 5.82. The van der Waals surface area contributed by atoms with Crippen LogP contribution in [0.25, 0.3) is 0 Å². The molecule has 0 bridgehead atoms. The Hall–Kier alpha value is -2.28. The van der Waals surface area contributed by atoms with Crippen molar-refractivity contribution in [1.82, 2.24) is 5.32 Å². The highest BCUT2D eigenvalue weighted by molar-refractivity contribution is 5.92. The molecule has 4 heteroatoms. The number of ether oxygens (including phenoxy) is 1. The van der Waals surface area contributed by atoms with Crippen LogP contribution in [0.4, 0.5) is 0 Å². The maximum absolute atomic E-state index is 11.3. The van der Waals surface area contributed by atoms with Crippen LogP contribution in [0.5, 0.6) is 0 Å². The van der Waals surface area contributed by atoms with Gasteiger partial charge >= 0.3 is 5.97 Å². The SMILES string of the molecule is CCOC(=O)/C(C#N)=C\NCCc1ccccc1. The Balaban J connectivity index is 2.39. The number of esters is 1. The van der Waals surface area contributed by atoms with E-state index in [9.17, 15) is 4.79 Å². The second-order valence-corrected chi connectivity index (χ2v) is 3.58. The van der Waals surface area contributed by atoms with Crippen LogP contribution in [0.15, 0.2) is 42.1 Å². The van der Waals surface area contributed by atoms with Crippen molar-refractivity contribution in [3.05, 3.63) is 47.7 Å². The van der Waals surface area contributed by atoms with E-state index in [0.29, 0.717) is 6.54 Å². The minimum absolute atomic E-state index is 0.00934. The molecule has 0 aliphatic heterocycles. The molecule has 1 aromatic carbocycles. The summed E-state index contributed by atoms with van der Waals surface area (Å²) in [5.41, 5.74) is 1.19. The topological polar surface area (TPSA) is 62.1 Å². The number of hydrogen-bond donors (Lipinski definition) is 1. The molecule has 0 aliphatic rings. The Bertz CT molecular complexity index is 447. The van der Waals surface area contributed by atoms with Gasteiger partial charge in [0.05, 0.1) is 6.61 Å². The minimum Gasteiger partial charge on any atom is -0.462 e. The fourth-order valence-electron chi connectivity index (χ4n) is 1.38. The van der Waals surface area contributed by atoms with Crippen LogP contribution in [0.1, 0.15) is 12.5 Å². The zero-order chi connectivity index (χ0) is 13.2. The van der Waals surface area contributed by atoms with Crippen molar-refractivity contribution in [3.8, 4) is 6.07 Å². The summed E-state index contributed by atoms with van der Waals surface area (Å²) in [5.74, 6) is -0.591. The second-order valence-electron chi connectivity index (χ2n) is 3.58. The van der Waals surface area contributed by atoms with Crippen LogP contribution < -0.4 is 5.32 Å². The molecule has 0 radical (unpaired) electrons. The van der Waals surface area contributed by atoms with Gasteiger partial charge in [-0.1, -0.05) is 30.3 Å². The molecule has 0 amide bonds. The highest BCUT2D eigenvalue weighted by Gasteiger charge is 2.08. The monoisotopic (exact) mass is 244 g/mol. The lowest BCUT2D eigenvalue weighted by molar-refractivity contribution is -0.138. The van der Waals surface area contributed by atoms with E-state index in [4.69, 9.17) is 10.00 Å². The largest absolute Gasteiger partial charge is 0.462 e. The molecule has 0 aromatic heterocycles. The van der Waals surface area contributed by atoms with E-state index in [1.165, 1.54) is 11.8 Å². The van der Waals surface area contributed by atoms with Crippen LogP contribution in [-0.4, -0.2) is 19.1 Å². The number of benzene rings is 1. The zero-order valence-electron chi connectivity index (χ0n) is 10.3. The smallest absolute Gasteiger partial charge is 0.350 e. The Morgan fingerprint density at radius 3 is 2.78 bits per heavy atom. The lowest BCUT2D eigenvalue weighted by Crippen LogP contribution is -2.14. The summed E-state index contributed by atoms with van der Waals surface area (Å²) in [6, 6.07) is 11.8. The van der Waals surface area contributed by atoms with Gasteiger partial charge < -0.3 is 10.1 Å². The zero-order valence-corrected chi connectivity index (χ0v) is 10.3. The Morgan fingerprint density at radius 1 is 1.44 bits per heavy atom. The van der Waals surface area contributed by atoms with Crippen LogP contribution in [0.3, 0.4) is 0 Å². The number of rotatable bonds is 6. The molecular weight excluding hydrogens is 228 g/mol. The molecule has 1 N–H and O–H groups in total. The molecule has 0 unspecified atom stereocenters. The molecule has 4 nitrogen and oxygen atoms in total. The third-order valence-corrected chi connectivity index (χ3v) is 2.26. The molecule has 1 rings (SSSR count). The van der Waals surface area contributed by atoms with Crippen molar-refractivity contribution in [3.63, 3.8) is 0 Å². The van der Waals surface area contributed by atoms with E-state index in [1.807, 2.05) is 36.4 Å². The summed E-state index contributed by atoms with van der Waals surface area (Å²) >= 11 is 0. The van der Waals surface area contributed by atoms with Gasteiger partial charge in [-0.3, -0.25) is 0 Å². The third kappa shape index (κ3) is 4.71. The molecular formula is C14H16N2O2. The summed E-state index contributed by atoms with van der Waals surface area (Å²) in [5, 5.41) is 11.7. The molecule has 1 aromatic rings. The lowest BCUT2D eigenvalue weighted by atomic mass is 10.1. The van der Waals surface area contributed by atoms with Gasteiger partial charge in [-0.25, -0.2) is 4.79 Å². The molecule has 94 valence electrons. The summed E-state index contributed by atoms with van der Waals surface area (Å²) in [6.07, 6.45) is 2.24. The summed E-state index contributed by atoms with van der Waals surface area (Å²) in [4.78, 5) is 11.3. The highest BCUT2D eigenvalue weighted by Crippen LogP contribution is 1.99. The van der Waals surface area contributed by atoms with Crippen LogP contribution >= 0.6 is 0 Å². The summed E-state index contributed by atoms with van der Waals surface area (Å²) in [6.45, 7) is 2.63. The Labute approximate surface area is 107 Å². The van der Waals surface area contributed by atoms with Crippen molar-refractivity contribution in [1.29, 1.82) is 5.26 Å². The first-order valence-corrected chi connectivity index (χ1v) is 5.82. The Morgan fingerprint density at radius 2 is 2.17 bits per heavy atom. The van der Waals surface area contributed by atoms with Crippen molar-refractivity contribution < 1.29 is 9.53 Å². The third-order valence-electron chi connectivity index (χ3n) is 2.26. The van der Waals surface area contributed by atoms with E-state index in [-0.39, 0.29) is 12.2 Å². The summed E-state index contributed by atoms with van der Waals surface area (Å²) < 4.78 is 4.74. The second kappa shape index (κ2) is 7.91. The van der Waals surface area contributed by atoms with E-state index in [0.717, 1.165) is 6.42 Å².